The van der Waals surface area contributed by atoms with Crippen LogP contribution in [0.3, 0.4) is 0 Å². The lowest BCUT2D eigenvalue weighted by Crippen LogP contribution is -2.14. The van der Waals surface area contributed by atoms with E-state index in [2.05, 4.69) is 52.9 Å². The highest BCUT2D eigenvalue weighted by molar-refractivity contribution is 9.10. The highest BCUT2D eigenvalue weighted by Crippen LogP contribution is 2.38. The molecule has 0 saturated carbocycles. The van der Waals surface area contributed by atoms with Gasteiger partial charge in [-0.15, -0.1) is 5.10 Å². The zero-order chi connectivity index (χ0) is 28.6. The molecule has 3 aromatic heterocycles. The Balaban J connectivity index is 1.64. The van der Waals surface area contributed by atoms with E-state index < -0.39 is 11.9 Å². The zero-order valence-electron chi connectivity index (χ0n) is 20.9. The van der Waals surface area contributed by atoms with Crippen molar-refractivity contribution in [2.24, 2.45) is 0 Å². The van der Waals surface area contributed by atoms with Crippen LogP contribution in [0.4, 0.5) is 21.5 Å². The van der Waals surface area contributed by atoms with Crippen molar-refractivity contribution in [1.82, 2.24) is 25.0 Å². The summed E-state index contributed by atoms with van der Waals surface area (Å²) in [6.07, 6.45) is 4.87. The van der Waals surface area contributed by atoms with Gasteiger partial charge in [0.05, 0.1) is 33.0 Å². The minimum Gasteiger partial charge on any atom is -0.373 e. The fourth-order valence-corrected chi connectivity index (χ4v) is 5.08. The van der Waals surface area contributed by atoms with Gasteiger partial charge in [0.25, 0.3) is 0 Å². The van der Waals surface area contributed by atoms with Crippen molar-refractivity contribution in [1.29, 1.82) is 5.26 Å². The van der Waals surface area contributed by atoms with Crippen LogP contribution >= 0.6 is 50.7 Å². The molecule has 5 aromatic rings. The molecule has 13 heteroatoms. The van der Waals surface area contributed by atoms with Gasteiger partial charge in [-0.2, -0.15) is 5.26 Å². The highest BCUT2D eigenvalue weighted by Gasteiger charge is 2.23. The molecule has 0 aliphatic carbocycles. The summed E-state index contributed by atoms with van der Waals surface area (Å²) < 4.78 is 16.2. The average Bonchev–Trinajstić information content (AvgIpc) is 3.42. The fourth-order valence-electron chi connectivity index (χ4n) is 4.07. The summed E-state index contributed by atoms with van der Waals surface area (Å²) in [5, 5.41) is 26.2. The standard InChI is InChI=1S/C27H19BrCl3FN8/c1-13(2)40-12-23(38-39-40)26(19-5-15(28)11-35-27(19)31)37-17-6-18-24(36-16-3-4-22(32)20(29)7-16)14(9-33)10-34-25(18)21(30)8-17/h3-8,10-13,26,37H,1-2H3,(H,34,36). The molecular weight excluding hydrogens is 642 g/mol. The van der Waals surface area contributed by atoms with Gasteiger partial charge in [-0.3, -0.25) is 4.98 Å². The van der Waals surface area contributed by atoms with Crippen molar-refractivity contribution < 1.29 is 4.39 Å². The number of rotatable bonds is 7. The van der Waals surface area contributed by atoms with Crippen molar-refractivity contribution in [2.45, 2.75) is 25.9 Å². The van der Waals surface area contributed by atoms with Gasteiger partial charge in [0.2, 0.25) is 0 Å². The Morgan fingerprint density at radius 3 is 2.50 bits per heavy atom. The largest absolute Gasteiger partial charge is 0.373 e. The van der Waals surface area contributed by atoms with E-state index >= 15 is 0 Å². The number of nitrogens with one attached hydrogen (secondary N) is 2. The molecule has 3 heterocycles. The monoisotopic (exact) mass is 658 g/mol. The van der Waals surface area contributed by atoms with Crippen molar-refractivity contribution in [3.05, 3.63) is 97.3 Å². The lowest BCUT2D eigenvalue weighted by Gasteiger charge is -2.21. The second-order valence-corrected chi connectivity index (χ2v) is 11.2. The van der Waals surface area contributed by atoms with Gasteiger partial charge < -0.3 is 10.6 Å². The molecule has 8 nitrogen and oxygen atoms in total. The van der Waals surface area contributed by atoms with Gasteiger partial charge in [-0.25, -0.2) is 14.1 Å². The Morgan fingerprint density at radius 1 is 1.02 bits per heavy atom. The Labute approximate surface area is 252 Å². The number of halogens is 5. The summed E-state index contributed by atoms with van der Waals surface area (Å²) >= 11 is 22.7. The summed E-state index contributed by atoms with van der Waals surface area (Å²) in [5.41, 5.74) is 3.50. The number of nitrogens with zero attached hydrogens (tertiary/aromatic N) is 6. The molecule has 0 saturated heterocycles. The molecule has 0 aliphatic heterocycles. The Bertz CT molecular complexity index is 1790. The quantitative estimate of drug-likeness (QED) is 0.169. The highest BCUT2D eigenvalue weighted by atomic mass is 79.9. The molecule has 0 amide bonds. The third-order valence-electron chi connectivity index (χ3n) is 6.04. The first kappa shape index (κ1) is 28.1. The minimum absolute atomic E-state index is 0.0564. The van der Waals surface area contributed by atoms with Crippen LogP contribution in [-0.4, -0.2) is 25.0 Å². The fraction of sp³-hybridized carbons (Fsp3) is 0.148. The maximum Gasteiger partial charge on any atom is 0.141 e. The van der Waals surface area contributed by atoms with Gasteiger partial charge in [-0.05, 0) is 66.2 Å². The third kappa shape index (κ3) is 5.69. The van der Waals surface area contributed by atoms with Crippen molar-refractivity contribution in [2.75, 3.05) is 10.6 Å². The number of aromatic nitrogens is 5. The normalized spacial score (nSPS) is 12.0. The first-order valence-electron chi connectivity index (χ1n) is 11.9. The molecule has 0 aliphatic rings. The molecular formula is C27H19BrCl3FN8. The molecule has 202 valence electrons. The van der Waals surface area contributed by atoms with Gasteiger partial charge >= 0.3 is 0 Å². The van der Waals surface area contributed by atoms with Crippen LogP contribution in [0, 0.1) is 17.1 Å². The number of hydrogen-bond donors (Lipinski definition) is 2. The SMILES string of the molecule is CC(C)n1cc(C(Nc2cc(Cl)c3ncc(C#N)c(Nc4ccc(F)c(Cl)c4)c3c2)c2cc(Br)cnc2Cl)nn1. The van der Waals surface area contributed by atoms with Gasteiger partial charge in [0, 0.05) is 45.2 Å². The van der Waals surface area contributed by atoms with Crippen LogP contribution in [0.25, 0.3) is 10.9 Å². The van der Waals surface area contributed by atoms with Gasteiger partial charge in [-0.1, -0.05) is 40.0 Å². The van der Waals surface area contributed by atoms with Crippen molar-refractivity contribution in [3.8, 4) is 6.07 Å². The van der Waals surface area contributed by atoms with E-state index in [-0.39, 0.29) is 21.8 Å². The molecule has 1 unspecified atom stereocenters. The summed E-state index contributed by atoms with van der Waals surface area (Å²) in [4.78, 5) is 8.68. The molecule has 2 aromatic carbocycles. The maximum atomic E-state index is 13.8. The molecule has 2 N–H and O–H groups in total. The van der Waals surface area contributed by atoms with E-state index in [9.17, 15) is 9.65 Å². The number of benzene rings is 2. The summed E-state index contributed by atoms with van der Waals surface area (Å²) in [5.74, 6) is -0.553. The summed E-state index contributed by atoms with van der Waals surface area (Å²) in [7, 11) is 0. The number of hydrogen-bond acceptors (Lipinski definition) is 7. The number of nitriles is 1. The average molecular weight is 661 g/mol. The van der Waals surface area contributed by atoms with Crippen LogP contribution in [-0.2, 0) is 0 Å². The molecule has 0 fully saturated rings. The van der Waals surface area contributed by atoms with E-state index in [1.165, 1.54) is 24.4 Å². The second kappa shape index (κ2) is 11.6. The van der Waals surface area contributed by atoms with Crippen LogP contribution in [0.15, 0.2) is 59.5 Å². The molecule has 0 spiro atoms. The molecule has 0 bridgehead atoms. The molecule has 40 heavy (non-hydrogen) atoms. The summed E-state index contributed by atoms with van der Waals surface area (Å²) in [6, 6.07) is 11.3. The smallest absolute Gasteiger partial charge is 0.141 e. The van der Waals surface area contributed by atoms with Crippen molar-refractivity contribution >= 4 is 78.7 Å². The second-order valence-electron chi connectivity index (χ2n) is 9.09. The zero-order valence-corrected chi connectivity index (χ0v) is 24.8. The predicted octanol–water partition coefficient (Wildman–Crippen LogP) is 8.48. The van der Waals surface area contributed by atoms with E-state index in [0.29, 0.717) is 44.2 Å². The van der Waals surface area contributed by atoms with E-state index in [0.717, 1.165) is 4.47 Å². The van der Waals surface area contributed by atoms with E-state index in [1.54, 1.807) is 16.9 Å². The predicted molar refractivity (Wildman–Crippen MR) is 159 cm³/mol. The molecule has 0 radical (unpaired) electrons. The Morgan fingerprint density at radius 2 is 1.80 bits per heavy atom. The molecule has 5 rings (SSSR count). The first-order valence-corrected chi connectivity index (χ1v) is 13.8. The van der Waals surface area contributed by atoms with E-state index in [4.69, 9.17) is 34.8 Å². The topological polar surface area (TPSA) is 104 Å². The third-order valence-corrected chi connectivity index (χ3v) is 7.37. The molecule has 1 atom stereocenters. The summed E-state index contributed by atoms with van der Waals surface area (Å²) in [6.45, 7) is 4.00. The van der Waals surface area contributed by atoms with Crippen LogP contribution in [0.5, 0.6) is 0 Å². The van der Waals surface area contributed by atoms with Crippen LogP contribution in [0.2, 0.25) is 15.2 Å². The maximum absolute atomic E-state index is 13.8. The minimum atomic E-state index is -0.557. The Kier molecular flexibility index (Phi) is 8.10. The number of pyridine rings is 2. The lowest BCUT2D eigenvalue weighted by atomic mass is 10.0. The van der Waals surface area contributed by atoms with Gasteiger partial charge in [0.15, 0.2) is 0 Å². The van der Waals surface area contributed by atoms with E-state index in [1.807, 2.05) is 32.2 Å². The lowest BCUT2D eigenvalue weighted by molar-refractivity contribution is 0.514. The number of anilines is 3. The van der Waals surface area contributed by atoms with Crippen LogP contribution in [0.1, 0.15) is 42.8 Å². The number of fused-ring (bicyclic) bond motifs is 1. The van der Waals surface area contributed by atoms with Crippen LogP contribution < -0.4 is 10.6 Å². The van der Waals surface area contributed by atoms with Gasteiger partial charge in [0.1, 0.15) is 28.8 Å². The van der Waals surface area contributed by atoms with Crippen molar-refractivity contribution in [3.63, 3.8) is 0 Å². The first-order chi connectivity index (χ1) is 19.1. The Hall–Kier alpha value is -3.49.